The van der Waals surface area contributed by atoms with E-state index in [1.807, 2.05) is 19.9 Å². The van der Waals surface area contributed by atoms with Crippen molar-refractivity contribution < 1.29 is 15.0 Å². The van der Waals surface area contributed by atoms with Crippen LogP contribution in [0.15, 0.2) is 12.1 Å². The average Bonchev–Trinajstić information content (AvgIpc) is 2.37. The Morgan fingerprint density at radius 3 is 1.95 bits per heavy atom. The van der Waals surface area contributed by atoms with E-state index in [9.17, 15) is 15.0 Å². The maximum absolute atomic E-state index is 11.3. The molecule has 3 heteroatoms. The summed E-state index contributed by atoms with van der Waals surface area (Å²) in [6, 6.07) is 3.37. The number of carboxylic acid groups (broad SMARTS) is 1. The highest BCUT2D eigenvalue weighted by Gasteiger charge is 2.33. The van der Waals surface area contributed by atoms with Crippen molar-refractivity contribution in [2.24, 2.45) is 0 Å². The van der Waals surface area contributed by atoms with Crippen LogP contribution >= 0.6 is 0 Å². The van der Waals surface area contributed by atoms with Crippen molar-refractivity contribution in [1.82, 2.24) is 0 Å². The van der Waals surface area contributed by atoms with Crippen molar-refractivity contribution in [2.45, 2.75) is 65.2 Å². The fourth-order valence-electron chi connectivity index (χ4n) is 2.38. The molecule has 0 heterocycles. The topological polar surface area (TPSA) is 57.5 Å². The van der Waals surface area contributed by atoms with E-state index in [1.54, 1.807) is 0 Å². The summed E-state index contributed by atoms with van der Waals surface area (Å²) in [6.07, 6.45) is 1.75. The van der Waals surface area contributed by atoms with Crippen molar-refractivity contribution in [3.05, 3.63) is 28.8 Å². The van der Waals surface area contributed by atoms with Gasteiger partial charge in [0.1, 0.15) is 11.3 Å². The molecule has 0 unspecified atom stereocenters. The lowest BCUT2D eigenvalue weighted by atomic mass is 9.70. The molecule has 0 aliphatic rings. The lowest BCUT2D eigenvalue weighted by Gasteiger charge is -2.34. The molecule has 0 amide bonds. The molecule has 0 aromatic heterocycles. The zero-order chi connectivity index (χ0) is 15.7. The van der Waals surface area contributed by atoms with Gasteiger partial charge in [0.05, 0.1) is 0 Å². The summed E-state index contributed by atoms with van der Waals surface area (Å²) in [6.45, 7) is 12.5. The molecule has 0 aliphatic heterocycles. The van der Waals surface area contributed by atoms with Crippen molar-refractivity contribution in [3.8, 4) is 5.75 Å². The van der Waals surface area contributed by atoms with Crippen LogP contribution in [0.1, 0.15) is 75.9 Å². The van der Waals surface area contributed by atoms with Crippen LogP contribution in [0.3, 0.4) is 0 Å². The molecule has 0 fully saturated rings. The molecule has 112 valence electrons. The van der Waals surface area contributed by atoms with Crippen LogP contribution in [0, 0.1) is 0 Å². The highest BCUT2D eigenvalue weighted by atomic mass is 16.4. The van der Waals surface area contributed by atoms with E-state index < -0.39 is 5.97 Å². The zero-order valence-electron chi connectivity index (χ0n) is 13.4. The van der Waals surface area contributed by atoms with Gasteiger partial charge in [0, 0.05) is 5.56 Å². The average molecular weight is 278 g/mol. The van der Waals surface area contributed by atoms with Gasteiger partial charge in [-0.25, -0.2) is 4.79 Å². The monoisotopic (exact) mass is 278 g/mol. The molecule has 1 aromatic carbocycles. The minimum absolute atomic E-state index is 0.0165. The van der Waals surface area contributed by atoms with Crippen LogP contribution in [-0.2, 0) is 10.8 Å². The molecule has 0 atom stereocenters. The summed E-state index contributed by atoms with van der Waals surface area (Å²) in [4.78, 5) is 11.3. The van der Waals surface area contributed by atoms with Gasteiger partial charge < -0.3 is 10.2 Å². The van der Waals surface area contributed by atoms with Gasteiger partial charge in [-0.3, -0.25) is 0 Å². The lowest BCUT2D eigenvalue weighted by Crippen LogP contribution is -2.26. The van der Waals surface area contributed by atoms with Crippen LogP contribution in [0.4, 0.5) is 0 Å². The van der Waals surface area contributed by atoms with Gasteiger partial charge in [0.2, 0.25) is 0 Å². The van der Waals surface area contributed by atoms with Crippen LogP contribution < -0.4 is 0 Å². The second-order valence-corrected chi connectivity index (χ2v) is 6.66. The maximum Gasteiger partial charge on any atom is 0.339 e. The molecule has 0 bridgehead atoms. The number of phenols is 1. The molecule has 2 N–H and O–H groups in total. The summed E-state index contributed by atoms with van der Waals surface area (Å²) >= 11 is 0. The van der Waals surface area contributed by atoms with Crippen molar-refractivity contribution in [3.63, 3.8) is 0 Å². The summed E-state index contributed by atoms with van der Waals surface area (Å²) in [5.41, 5.74) is 1.42. The molecule has 1 rings (SSSR count). The Morgan fingerprint density at radius 2 is 1.55 bits per heavy atom. The Balaban J connectivity index is 3.72. The van der Waals surface area contributed by atoms with E-state index in [2.05, 4.69) is 27.7 Å². The lowest BCUT2D eigenvalue weighted by molar-refractivity contribution is 0.0693. The van der Waals surface area contributed by atoms with Gasteiger partial charge in [-0.1, -0.05) is 47.6 Å². The molecule has 3 nitrogen and oxygen atoms in total. The van der Waals surface area contributed by atoms with E-state index in [0.29, 0.717) is 0 Å². The van der Waals surface area contributed by atoms with Gasteiger partial charge in [-0.05, 0) is 35.3 Å². The van der Waals surface area contributed by atoms with E-state index in [4.69, 9.17) is 0 Å². The SMILES string of the molecule is CCC(C)(C)c1ccc(C(=O)O)c(O)c1C(C)(C)CC. The third-order valence-electron chi connectivity index (χ3n) is 4.58. The number of rotatable bonds is 5. The number of aromatic carboxylic acids is 1. The minimum Gasteiger partial charge on any atom is -0.507 e. The quantitative estimate of drug-likeness (QED) is 0.835. The molecule has 20 heavy (non-hydrogen) atoms. The Kier molecular flexibility index (Phi) is 4.52. The number of hydrogen-bond acceptors (Lipinski definition) is 2. The maximum atomic E-state index is 11.3. The number of carbonyl (C=O) groups is 1. The minimum atomic E-state index is -1.09. The first-order valence-electron chi connectivity index (χ1n) is 7.18. The molecular formula is C17H26O3. The molecule has 1 aromatic rings. The molecular weight excluding hydrogens is 252 g/mol. The highest BCUT2D eigenvalue weighted by Crippen LogP contribution is 2.43. The number of benzene rings is 1. The molecule has 0 saturated heterocycles. The highest BCUT2D eigenvalue weighted by molar-refractivity contribution is 5.91. The zero-order valence-corrected chi connectivity index (χ0v) is 13.4. The van der Waals surface area contributed by atoms with E-state index in [0.717, 1.165) is 24.0 Å². The van der Waals surface area contributed by atoms with Crippen LogP contribution in [0.25, 0.3) is 0 Å². The van der Waals surface area contributed by atoms with Crippen LogP contribution in [-0.4, -0.2) is 16.2 Å². The first-order chi connectivity index (χ1) is 9.08. The Hall–Kier alpha value is -1.51. The third-order valence-corrected chi connectivity index (χ3v) is 4.58. The van der Waals surface area contributed by atoms with Crippen LogP contribution in [0.2, 0.25) is 0 Å². The number of aromatic hydroxyl groups is 1. The number of carboxylic acids is 1. The first kappa shape index (κ1) is 16.5. The van der Waals surface area contributed by atoms with Crippen molar-refractivity contribution in [2.75, 3.05) is 0 Å². The van der Waals surface area contributed by atoms with Crippen molar-refractivity contribution >= 4 is 5.97 Å². The largest absolute Gasteiger partial charge is 0.507 e. The van der Waals surface area contributed by atoms with Gasteiger partial charge in [0.25, 0.3) is 0 Å². The Labute approximate surface area is 121 Å². The van der Waals surface area contributed by atoms with E-state index in [-0.39, 0.29) is 22.1 Å². The van der Waals surface area contributed by atoms with Gasteiger partial charge >= 0.3 is 5.97 Å². The van der Waals surface area contributed by atoms with Crippen LogP contribution in [0.5, 0.6) is 5.75 Å². The smallest absolute Gasteiger partial charge is 0.339 e. The Morgan fingerprint density at radius 1 is 1.05 bits per heavy atom. The normalized spacial score (nSPS) is 12.5. The van der Waals surface area contributed by atoms with Crippen molar-refractivity contribution in [1.29, 1.82) is 0 Å². The van der Waals surface area contributed by atoms with Gasteiger partial charge in [0.15, 0.2) is 0 Å². The summed E-state index contributed by atoms with van der Waals surface area (Å²) in [5, 5.41) is 19.7. The molecule has 0 spiro atoms. The first-order valence-corrected chi connectivity index (χ1v) is 7.18. The molecule has 0 saturated carbocycles. The second kappa shape index (κ2) is 5.47. The van der Waals surface area contributed by atoms with Gasteiger partial charge in [-0.2, -0.15) is 0 Å². The predicted octanol–water partition coefficient (Wildman–Crippen LogP) is 4.47. The molecule has 0 aliphatic carbocycles. The second-order valence-electron chi connectivity index (χ2n) is 6.66. The van der Waals surface area contributed by atoms with Gasteiger partial charge in [-0.15, -0.1) is 0 Å². The van der Waals surface area contributed by atoms with E-state index >= 15 is 0 Å². The number of hydrogen-bond donors (Lipinski definition) is 2. The fourth-order valence-corrected chi connectivity index (χ4v) is 2.38. The summed E-state index contributed by atoms with van der Waals surface area (Å²) in [5.74, 6) is -1.17. The molecule has 0 radical (unpaired) electrons. The third kappa shape index (κ3) is 2.82. The Bertz CT molecular complexity index is 513. The van der Waals surface area contributed by atoms with E-state index in [1.165, 1.54) is 6.07 Å². The summed E-state index contributed by atoms with van der Waals surface area (Å²) < 4.78 is 0. The standard InChI is InChI=1S/C17H26O3/c1-7-16(3,4)12-10-9-11(15(19)20)14(18)13(12)17(5,6)8-2/h9-10,18H,7-8H2,1-6H3,(H,19,20). The fraction of sp³-hybridized carbons (Fsp3) is 0.588. The predicted molar refractivity (Wildman–Crippen MR) is 81.7 cm³/mol. The summed E-state index contributed by atoms with van der Waals surface area (Å²) in [7, 11) is 0.